The molecular formula is C24H20ClN5O2S. The van der Waals surface area contributed by atoms with E-state index in [1.54, 1.807) is 43.3 Å². The van der Waals surface area contributed by atoms with Gasteiger partial charge < -0.3 is 15.8 Å². The summed E-state index contributed by atoms with van der Waals surface area (Å²) < 4.78 is 5.31. The van der Waals surface area contributed by atoms with Crippen molar-refractivity contribution in [3.8, 4) is 29.0 Å². The van der Waals surface area contributed by atoms with Crippen molar-refractivity contribution in [2.45, 2.75) is 24.1 Å². The molecule has 166 valence electrons. The predicted octanol–water partition coefficient (Wildman–Crippen LogP) is 5.16. The van der Waals surface area contributed by atoms with Gasteiger partial charge in [-0.15, -0.1) is 0 Å². The predicted molar refractivity (Wildman–Crippen MR) is 130 cm³/mol. The molecule has 0 radical (unpaired) electrons. The highest BCUT2D eigenvalue weighted by molar-refractivity contribution is 8.00. The van der Waals surface area contributed by atoms with E-state index in [-0.39, 0.29) is 27.9 Å². The third-order valence-corrected chi connectivity index (χ3v) is 6.37. The first-order valence-corrected chi connectivity index (χ1v) is 11.1. The van der Waals surface area contributed by atoms with Crippen LogP contribution >= 0.6 is 23.4 Å². The molecule has 0 saturated heterocycles. The number of anilines is 2. The number of nitrogens with two attached hydrogens (primary N) is 1. The second-order valence-electron chi connectivity index (χ2n) is 7.07. The van der Waals surface area contributed by atoms with Crippen LogP contribution in [-0.2, 0) is 4.79 Å². The highest BCUT2D eigenvalue weighted by Gasteiger charge is 2.24. The molecule has 1 aromatic heterocycles. The Morgan fingerprint density at radius 2 is 1.88 bits per heavy atom. The van der Waals surface area contributed by atoms with E-state index in [0.717, 1.165) is 17.3 Å². The molecular weight excluding hydrogens is 458 g/mol. The van der Waals surface area contributed by atoms with Gasteiger partial charge in [-0.25, -0.2) is 4.98 Å². The molecule has 0 aliphatic rings. The Balaban J connectivity index is 1.96. The van der Waals surface area contributed by atoms with Gasteiger partial charge in [0.2, 0.25) is 5.91 Å². The molecule has 3 rings (SSSR count). The maximum atomic E-state index is 12.9. The Kier molecular flexibility index (Phi) is 7.44. The maximum absolute atomic E-state index is 12.9. The molecule has 33 heavy (non-hydrogen) atoms. The average Bonchev–Trinajstić information content (AvgIpc) is 2.81. The van der Waals surface area contributed by atoms with E-state index in [2.05, 4.69) is 16.4 Å². The van der Waals surface area contributed by atoms with Crippen molar-refractivity contribution in [3.63, 3.8) is 0 Å². The Morgan fingerprint density at radius 3 is 2.48 bits per heavy atom. The minimum absolute atomic E-state index is 0.000423. The number of benzene rings is 2. The molecule has 1 atom stereocenters. The first kappa shape index (κ1) is 23.9. The number of hydrogen-bond donors (Lipinski definition) is 2. The van der Waals surface area contributed by atoms with Gasteiger partial charge in [0.25, 0.3) is 0 Å². The summed E-state index contributed by atoms with van der Waals surface area (Å²) in [6, 6.07) is 16.6. The standard InChI is InChI=1S/C24H20ClN5O2S/c1-13-9-19(20(32-3)10-18(13)25)29-23(31)14(2)33-24-17(12-27)21(15-7-5-4-6-8-15)16(11-26)22(28)30-24/h4-10,14H,1-3H3,(H2,28,30)(H,29,31). The quantitative estimate of drug-likeness (QED) is 0.469. The first-order chi connectivity index (χ1) is 15.8. The number of nitriles is 2. The van der Waals surface area contributed by atoms with Crippen LogP contribution in [-0.4, -0.2) is 23.3 Å². The average molecular weight is 478 g/mol. The highest BCUT2D eigenvalue weighted by atomic mass is 35.5. The Hall–Kier alpha value is -3.72. The number of aryl methyl sites for hydroxylation is 1. The third-order valence-electron chi connectivity index (χ3n) is 4.87. The molecule has 2 aromatic carbocycles. The lowest BCUT2D eigenvalue weighted by Gasteiger charge is -2.17. The Bertz CT molecular complexity index is 1300. The molecule has 0 bridgehead atoms. The van der Waals surface area contributed by atoms with Crippen LogP contribution in [0.2, 0.25) is 5.02 Å². The van der Waals surface area contributed by atoms with Crippen LogP contribution < -0.4 is 15.8 Å². The monoisotopic (exact) mass is 477 g/mol. The molecule has 7 nitrogen and oxygen atoms in total. The topological polar surface area (TPSA) is 125 Å². The number of nitrogen functional groups attached to an aromatic ring is 1. The molecule has 9 heteroatoms. The summed E-state index contributed by atoms with van der Waals surface area (Å²) in [6.45, 7) is 3.51. The summed E-state index contributed by atoms with van der Waals surface area (Å²) in [4.78, 5) is 17.2. The molecule has 0 aliphatic heterocycles. The summed E-state index contributed by atoms with van der Waals surface area (Å²) in [6.07, 6.45) is 0. The number of ether oxygens (including phenoxy) is 1. The lowest BCUT2D eigenvalue weighted by atomic mass is 9.97. The van der Waals surface area contributed by atoms with Gasteiger partial charge in [0.05, 0.1) is 23.6 Å². The van der Waals surface area contributed by atoms with Crippen molar-refractivity contribution in [2.75, 3.05) is 18.2 Å². The van der Waals surface area contributed by atoms with Crippen molar-refractivity contribution >= 4 is 40.8 Å². The summed E-state index contributed by atoms with van der Waals surface area (Å²) in [5.74, 6) is 0.108. The van der Waals surface area contributed by atoms with Crippen LogP contribution in [0.4, 0.5) is 11.5 Å². The third kappa shape index (κ3) is 5.04. The van der Waals surface area contributed by atoms with Crippen molar-refractivity contribution in [1.82, 2.24) is 4.98 Å². The molecule has 1 unspecified atom stereocenters. The van der Waals surface area contributed by atoms with E-state index in [0.29, 0.717) is 27.6 Å². The number of amides is 1. The SMILES string of the molecule is COc1cc(Cl)c(C)cc1NC(=O)C(C)Sc1nc(N)c(C#N)c(-c2ccccc2)c1C#N. The number of hydrogen-bond acceptors (Lipinski definition) is 7. The summed E-state index contributed by atoms with van der Waals surface area (Å²) in [5, 5.41) is 22.5. The van der Waals surface area contributed by atoms with Crippen LogP contribution in [0.5, 0.6) is 5.75 Å². The Morgan fingerprint density at radius 1 is 1.21 bits per heavy atom. The zero-order valence-electron chi connectivity index (χ0n) is 18.1. The minimum Gasteiger partial charge on any atom is -0.495 e. The van der Waals surface area contributed by atoms with E-state index >= 15 is 0 Å². The van der Waals surface area contributed by atoms with Gasteiger partial charge in [0, 0.05) is 16.7 Å². The van der Waals surface area contributed by atoms with Crippen LogP contribution in [0, 0.1) is 29.6 Å². The van der Waals surface area contributed by atoms with Crippen LogP contribution in [0.1, 0.15) is 23.6 Å². The number of carbonyl (C=O) groups excluding carboxylic acids is 1. The van der Waals surface area contributed by atoms with Crippen molar-refractivity contribution in [3.05, 3.63) is 64.2 Å². The van der Waals surface area contributed by atoms with Crippen LogP contribution in [0.15, 0.2) is 47.5 Å². The summed E-state index contributed by atoms with van der Waals surface area (Å²) in [7, 11) is 1.49. The smallest absolute Gasteiger partial charge is 0.237 e. The van der Waals surface area contributed by atoms with Gasteiger partial charge in [0.15, 0.2) is 0 Å². The van der Waals surface area contributed by atoms with Gasteiger partial charge in [-0.1, -0.05) is 53.7 Å². The Labute approximate surface area is 201 Å². The summed E-state index contributed by atoms with van der Waals surface area (Å²) >= 11 is 7.22. The number of carbonyl (C=O) groups is 1. The largest absolute Gasteiger partial charge is 0.495 e. The number of thioether (sulfide) groups is 1. The zero-order valence-corrected chi connectivity index (χ0v) is 19.7. The molecule has 1 heterocycles. The zero-order chi connectivity index (χ0) is 24.1. The number of methoxy groups -OCH3 is 1. The second-order valence-corrected chi connectivity index (χ2v) is 8.80. The number of pyridine rings is 1. The molecule has 0 spiro atoms. The van der Waals surface area contributed by atoms with E-state index in [1.807, 2.05) is 19.1 Å². The van der Waals surface area contributed by atoms with Gasteiger partial charge in [-0.05, 0) is 31.0 Å². The number of aromatic nitrogens is 1. The van der Waals surface area contributed by atoms with Crippen molar-refractivity contribution in [2.24, 2.45) is 0 Å². The van der Waals surface area contributed by atoms with Crippen molar-refractivity contribution in [1.29, 1.82) is 10.5 Å². The minimum atomic E-state index is -0.638. The molecule has 1 amide bonds. The number of halogens is 1. The van der Waals surface area contributed by atoms with Gasteiger partial charge in [-0.3, -0.25) is 4.79 Å². The van der Waals surface area contributed by atoms with E-state index in [4.69, 9.17) is 22.1 Å². The molecule has 3 N–H and O–H groups in total. The van der Waals surface area contributed by atoms with Gasteiger partial charge in [-0.2, -0.15) is 10.5 Å². The summed E-state index contributed by atoms with van der Waals surface area (Å²) in [5.41, 5.74) is 8.70. The lowest BCUT2D eigenvalue weighted by molar-refractivity contribution is -0.115. The molecule has 0 aliphatic carbocycles. The van der Waals surface area contributed by atoms with Crippen LogP contribution in [0.25, 0.3) is 11.1 Å². The second kappa shape index (κ2) is 10.3. The number of nitrogens with zero attached hydrogens (tertiary/aromatic N) is 3. The van der Waals surface area contributed by atoms with Crippen LogP contribution in [0.3, 0.4) is 0 Å². The lowest BCUT2D eigenvalue weighted by Crippen LogP contribution is -2.23. The molecule has 3 aromatic rings. The van der Waals surface area contributed by atoms with Crippen molar-refractivity contribution < 1.29 is 9.53 Å². The number of rotatable bonds is 6. The fourth-order valence-corrected chi connectivity index (χ4v) is 4.23. The first-order valence-electron chi connectivity index (χ1n) is 9.81. The maximum Gasteiger partial charge on any atom is 0.237 e. The molecule has 0 saturated carbocycles. The van der Waals surface area contributed by atoms with E-state index < -0.39 is 5.25 Å². The fourth-order valence-electron chi connectivity index (χ4n) is 3.16. The molecule has 0 fully saturated rings. The highest BCUT2D eigenvalue weighted by Crippen LogP contribution is 2.37. The number of nitrogens with one attached hydrogen (secondary N) is 1. The van der Waals surface area contributed by atoms with E-state index in [9.17, 15) is 15.3 Å². The van der Waals surface area contributed by atoms with Gasteiger partial charge in [0.1, 0.15) is 34.3 Å². The fraction of sp³-hybridized carbons (Fsp3) is 0.167. The van der Waals surface area contributed by atoms with Gasteiger partial charge >= 0.3 is 0 Å². The van der Waals surface area contributed by atoms with E-state index in [1.165, 1.54) is 7.11 Å². The normalized spacial score (nSPS) is 11.2.